The average Bonchev–Trinajstić information content (AvgIpc) is 2.60. The van der Waals surface area contributed by atoms with Gasteiger partial charge in [-0.1, -0.05) is 19.3 Å². The van der Waals surface area contributed by atoms with Gasteiger partial charge < -0.3 is 20.1 Å². The number of aliphatic hydroxyl groups excluding tert-OH is 1. The maximum absolute atomic E-state index is 11.7. The minimum atomic E-state index is -1.33. The number of rotatable bonds is 4. The molecule has 1 aromatic carbocycles. The minimum Gasteiger partial charge on any atom is -0.478 e. The van der Waals surface area contributed by atoms with Crippen molar-refractivity contribution in [2.45, 2.75) is 65.4 Å². The summed E-state index contributed by atoms with van der Waals surface area (Å²) in [5.74, 6) is -1.93. The molecule has 0 spiro atoms. The fraction of sp³-hybridized carbons (Fsp3) is 0.571. The standard InChI is InChI=1S/C14H17NO6.C7H14O/c1-7-8(11(16)17)5-6-9(10(7)12(18)19)15-13(20)21-14(2,3)4;8-6-7-4-2-1-3-5-7/h5-6H,1-4H3,(H,15,20)(H,16,17)(H,18,19);7-8H,1-6H2. The lowest BCUT2D eigenvalue weighted by atomic mass is 9.90. The Morgan fingerprint density at radius 1 is 1.07 bits per heavy atom. The summed E-state index contributed by atoms with van der Waals surface area (Å²) >= 11 is 0. The van der Waals surface area contributed by atoms with Crippen molar-refractivity contribution in [1.82, 2.24) is 0 Å². The van der Waals surface area contributed by atoms with E-state index in [1.165, 1.54) is 51.2 Å². The van der Waals surface area contributed by atoms with Crippen LogP contribution in [0.25, 0.3) is 0 Å². The highest BCUT2D eigenvalue weighted by atomic mass is 16.6. The zero-order valence-corrected chi connectivity index (χ0v) is 17.4. The molecule has 0 aliphatic heterocycles. The van der Waals surface area contributed by atoms with Crippen molar-refractivity contribution in [2.75, 3.05) is 11.9 Å². The zero-order chi connectivity index (χ0) is 22.2. The van der Waals surface area contributed by atoms with Crippen LogP contribution in [0.4, 0.5) is 10.5 Å². The molecule has 8 heteroatoms. The second-order valence-electron chi connectivity index (χ2n) is 8.08. The Bertz CT molecular complexity index is 731. The van der Waals surface area contributed by atoms with Gasteiger partial charge in [0.25, 0.3) is 0 Å². The molecule has 1 fully saturated rings. The SMILES string of the molecule is Cc1c(C(=O)O)ccc(NC(=O)OC(C)(C)C)c1C(=O)O.OCC1CCCCC1. The minimum absolute atomic E-state index is 0.0146. The molecule has 4 N–H and O–H groups in total. The average molecular weight is 409 g/mol. The third-order valence-electron chi connectivity index (χ3n) is 4.53. The predicted molar refractivity (Wildman–Crippen MR) is 109 cm³/mol. The van der Waals surface area contributed by atoms with Crippen LogP contribution < -0.4 is 5.32 Å². The molecular weight excluding hydrogens is 378 g/mol. The predicted octanol–water partition coefficient (Wildman–Crippen LogP) is 4.30. The summed E-state index contributed by atoms with van der Waals surface area (Å²) in [4.78, 5) is 34.0. The number of hydrogen-bond acceptors (Lipinski definition) is 5. The van der Waals surface area contributed by atoms with Gasteiger partial charge >= 0.3 is 18.0 Å². The largest absolute Gasteiger partial charge is 0.478 e. The molecule has 162 valence electrons. The number of ether oxygens (including phenoxy) is 1. The molecule has 0 bridgehead atoms. The first-order valence-electron chi connectivity index (χ1n) is 9.67. The summed E-state index contributed by atoms with van der Waals surface area (Å²) in [5, 5.41) is 29.2. The molecule has 0 unspecified atom stereocenters. The Balaban J connectivity index is 0.000000436. The molecule has 1 saturated carbocycles. The molecule has 0 aromatic heterocycles. The van der Waals surface area contributed by atoms with Gasteiger partial charge in [0, 0.05) is 6.61 Å². The van der Waals surface area contributed by atoms with Crippen LogP contribution >= 0.6 is 0 Å². The second-order valence-corrected chi connectivity index (χ2v) is 8.08. The first-order valence-corrected chi connectivity index (χ1v) is 9.67. The maximum atomic E-state index is 11.7. The molecule has 1 amide bonds. The molecule has 8 nitrogen and oxygen atoms in total. The molecule has 2 rings (SSSR count). The molecule has 1 aromatic rings. The summed E-state index contributed by atoms with van der Waals surface area (Å²) in [6.07, 6.45) is 5.77. The zero-order valence-electron chi connectivity index (χ0n) is 17.4. The van der Waals surface area contributed by atoms with E-state index in [4.69, 9.17) is 14.9 Å². The summed E-state index contributed by atoms with van der Waals surface area (Å²) in [6.45, 7) is 6.80. The van der Waals surface area contributed by atoms with Gasteiger partial charge in [-0.2, -0.15) is 0 Å². The van der Waals surface area contributed by atoms with Crippen molar-refractivity contribution in [3.63, 3.8) is 0 Å². The van der Waals surface area contributed by atoms with E-state index >= 15 is 0 Å². The Labute approximate surface area is 170 Å². The van der Waals surface area contributed by atoms with Crippen LogP contribution in [0.15, 0.2) is 12.1 Å². The third-order valence-corrected chi connectivity index (χ3v) is 4.53. The molecule has 1 aliphatic rings. The van der Waals surface area contributed by atoms with Crippen LogP contribution in [0.5, 0.6) is 0 Å². The Hall–Kier alpha value is -2.61. The van der Waals surface area contributed by atoms with Gasteiger partial charge in [-0.15, -0.1) is 0 Å². The number of anilines is 1. The van der Waals surface area contributed by atoms with Gasteiger partial charge in [0.15, 0.2) is 0 Å². The first kappa shape index (κ1) is 24.4. The van der Waals surface area contributed by atoms with Crippen molar-refractivity contribution in [3.8, 4) is 0 Å². The smallest absolute Gasteiger partial charge is 0.412 e. The van der Waals surface area contributed by atoms with E-state index < -0.39 is 23.6 Å². The fourth-order valence-electron chi connectivity index (χ4n) is 3.11. The monoisotopic (exact) mass is 409 g/mol. The number of benzene rings is 1. The normalized spacial score (nSPS) is 14.4. The summed E-state index contributed by atoms with van der Waals surface area (Å²) in [5.41, 5.74) is -1.10. The van der Waals surface area contributed by atoms with Crippen LogP contribution in [0.3, 0.4) is 0 Å². The van der Waals surface area contributed by atoms with Crippen molar-refractivity contribution >= 4 is 23.7 Å². The number of amides is 1. The summed E-state index contributed by atoms with van der Waals surface area (Å²) in [6, 6.07) is 2.46. The maximum Gasteiger partial charge on any atom is 0.412 e. The van der Waals surface area contributed by atoms with Gasteiger partial charge in [-0.25, -0.2) is 14.4 Å². The lowest BCUT2D eigenvalue weighted by molar-refractivity contribution is 0.0634. The van der Waals surface area contributed by atoms with E-state index in [-0.39, 0.29) is 22.4 Å². The summed E-state index contributed by atoms with van der Waals surface area (Å²) in [7, 11) is 0. The number of carboxylic acid groups (broad SMARTS) is 2. The quantitative estimate of drug-likeness (QED) is 0.582. The fourth-order valence-corrected chi connectivity index (χ4v) is 3.11. The Kier molecular flexibility index (Phi) is 9.10. The van der Waals surface area contributed by atoms with Crippen molar-refractivity contribution in [1.29, 1.82) is 0 Å². The topological polar surface area (TPSA) is 133 Å². The van der Waals surface area contributed by atoms with E-state index in [0.29, 0.717) is 12.5 Å². The number of nitrogens with one attached hydrogen (secondary N) is 1. The van der Waals surface area contributed by atoms with E-state index in [0.717, 1.165) is 0 Å². The second kappa shape index (κ2) is 10.8. The number of carboxylic acids is 2. The highest BCUT2D eigenvalue weighted by molar-refractivity contribution is 6.03. The number of hydrogen-bond donors (Lipinski definition) is 4. The Morgan fingerprint density at radius 2 is 1.66 bits per heavy atom. The number of aromatic carboxylic acids is 2. The summed E-state index contributed by atoms with van der Waals surface area (Å²) < 4.78 is 5.03. The van der Waals surface area contributed by atoms with Crippen LogP contribution in [0.1, 0.15) is 79.2 Å². The molecular formula is C21H31NO7. The molecule has 0 saturated heterocycles. The van der Waals surface area contributed by atoms with Gasteiger partial charge in [0.05, 0.1) is 16.8 Å². The number of carbonyl (C=O) groups is 3. The Morgan fingerprint density at radius 3 is 2.07 bits per heavy atom. The molecule has 0 atom stereocenters. The third kappa shape index (κ3) is 8.11. The van der Waals surface area contributed by atoms with E-state index in [9.17, 15) is 19.5 Å². The molecule has 0 heterocycles. The van der Waals surface area contributed by atoms with Gasteiger partial charge in [0.2, 0.25) is 0 Å². The first-order chi connectivity index (χ1) is 13.5. The van der Waals surface area contributed by atoms with Crippen molar-refractivity contribution < 1.29 is 34.4 Å². The molecule has 1 aliphatic carbocycles. The van der Waals surface area contributed by atoms with E-state index in [1.807, 2.05) is 0 Å². The van der Waals surface area contributed by atoms with Gasteiger partial charge in [-0.05, 0) is 64.2 Å². The lowest BCUT2D eigenvalue weighted by Crippen LogP contribution is -2.28. The van der Waals surface area contributed by atoms with E-state index in [1.54, 1.807) is 20.8 Å². The molecule has 0 radical (unpaired) electrons. The van der Waals surface area contributed by atoms with Crippen molar-refractivity contribution in [3.05, 3.63) is 28.8 Å². The van der Waals surface area contributed by atoms with Crippen LogP contribution in [-0.2, 0) is 4.74 Å². The van der Waals surface area contributed by atoms with Crippen LogP contribution in [0.2, 0.25) is 0 Å². The van der Waals surface area contributed by atoms with Gasteiger partial charge in [0.1, 0.15) is 5.60 Å². The van der Waals surface area contributed by atoms with Crippen LogP contribution in [-0.4, -0.2) is 45.6 Å². The van der Waals surface area contributed by atoms with Crippen LogP contribution in [0, 0.1) is 12.8 Å². The number of aliphatic hydroxyl groups is 1. The highest BCUT2D eigenvalue weighted by Gasteiger charge is 2.22. The molecule has 29 heavy (non-hydrogen) atoms. The van der Waals surface area contributed by atoms with E-state index in [2.05, 4.69) is 5.32 Å². The number of carbonyl (C=O) groups excluding carboxylic acids is 1. The van der Waals surface area contributed by atoms with Gasteiger partial charge in [-0.3, -0.25) is 5.32 Å². The highest BCUT2D eigenvalue weighted by Crippen LogP contribution is 2.24. The van der Waals surface area contributed by atoms with Crippen molar-refractivity contribution in [2.24, 2.45) is 5.92 Å². The lowest BCUT2D eigenvalue weighted by Gasteiger charge is -2.20.